The highest BCUT2D eigenvalue weighted by Crippen LogP contribution is 2.31. The van der Waals surface area contributed by atoms with Gasteiger partial charge in [-0.3, -0.25) is 0 Å². The summed E-state index contributed by atoms with van der Waals surface area (Å²) in [4.78, 5) is 2.27. The second-order valence-corrected chi connectivity index (χ2v) is 7.16. The molecule has 1 atom stereocenters. The van der Waals surface area contributed by atoms with Gasteiger partial charge in [0.05, 0.1) is 6.61 Å². The Morgan fingerprint density at radius 2 is 1.89 bits per heavy atom. The van der Waals surface area contributed by atoms with Gasteiger partial charge in [0.25, 0.3) is 0 Å². The summed E-state index contributed by atoms with van der Waals surface area (Å²) in [5, 5.41) is 12.9. The van der Waals surface area contributed by atoms with Crippen LogP contribution >= 0.6 is 0 Å². The summed E-state index contributed by atoms with van der Waals surface area (Å²) in [5.74, 6) is 0. The molecule has 0 aromatic heterocycles. The fraction of sp³-hybridized carbons (Fsp3) is 1.00. The lowest BCUT2D eigenvalue weighted by Crippen LogP contribution is -2.52. The molecule has 1 heterocycles. The zero-order chi connectivity index (χ0) is 14.5. The molecule has 0 spiro atoms. The van der Waals surface area contributed by atoms with E-state index < -0.39 is 0 Å². The summed E-state index contributed by atoms with van der Waals surface area (Å²) < 4.78 is 5.53. The van der Waals surface area contributed by atoms with Crippen LogP contribution in [0.5, 0.6) is 0 Å². The molecule has 0 radical (unpaired) electrons. The average Bonchev–Trinajstić information content (AvgIpc) is 2.36. The van der Waals surface area contributed by atoms with Gasteiger partial charge < -0.3 is 20.1 Å². The third-order valence-electron chi connectivity index (χ3n) is 4.15. The molecule has 2 N–H and O–H groups in total. The number of aliphatic hydroxyl groups is 1. The van der Waals surface area contributed by atoms with Crippen molar-refractivity contribution in [2.24, 2.45) is 5.41 Å². The SMILES string of the molecule is CC(CO)N(C)CC1(CNC(C)(C)C)CCOCC1. The molecule has 4 nitrogen and oxygen atoms in total. The number of nitrogens with one attached hydrogen (secondary N) is 1. The third kappa shape index (κ3) is 5.78. The molecule has 0 aromatic rings. The highest BCUT2D eigenvalue weighted by molar-refractivity contribution is 4.89. The normalized spacial score (nSPS) is 21.6. The fourth-order valence-corrected chi connectivity index (χ4v) is 2.47. The van der Waals surface area contributed by atoms with Gasteiger partial charge in [-0.15, -0.1) is 0 Å². The number of hydrogen-bond acceptors (Lipinski definition) is 4. The fourth-order valence-electron chi connectivity index (χ4n) is 2.47. The Bertz CT molecular complexity index is 257. The van der Waals surface area contributed by atoms with E-state index in [-0.39, 0.29) is 23.6 Å². The van der Waals surface area contributed by atoms with Gasteiger partial charge in [-0.2, -0.15) is 0 Å². The van der Waals surface area contributed by atoms with Crippen LogP contribution in [-0.4, -0.2) is 61.5 Å². The molecule has 0 bridgehead atoms. The van der Waals surface area contributed by atoms with Gasteiger partial charge in [0.2, 0.25) is 0 Å². The molecule has 114 valence electrons. The molecule has 0 aliphatic carbocycles. The summed E-state index contributed by atoms with van der Waals surface area (Å²) in [6, 6.07) is 0.217. The first kappa shape index (κ1) is 16.9. The van der Waals surface area contributed by atoms with E-state index in [0.717, 1.165) is 39.1 Å². The lowest BCUT2D eigenvalue weighted by molar-refractivity contribution is -0.0119. The van der Waals surface area contributed by atoms with E-state index >= 15 is 0 Å². The van der Waals surface area contributed by atoms with Gasteiger partial charge in [-0.25, -0.2) is 0 Å². The predicted octanol–water partition coefficient (Wildman–Crippen LogP) is 1.48. The van der Waals surface area contributed by atoms with Crippen molar-refractivity contribution in [1.82, 2.24) is 10.2 Å². The van der Waals surface area contributed by atoms with Gasteiger partial charge in [0, 0.05) is 37.9 Å². The molecule has 1 fully saturated rings. The van der Waals surface area contributed by atoms with Crippen LogP contribution in [-0.2, 0) is 4.74 Å². The van der Waals surface area contributed by atoms with Crippen LogP contribution in [0.4, 0.5) is 0 Å². The van der Waals surface area contributed by atoms with Crippen molar-refractivity contribution in [1.29, 1.82) is 0 Å². The molecule has 1 saturated heterocycles. The second-order valence-electron chi connectivity index (χ2n) is 7.16. The number of hydrogen-bond donors (Lipinski definition) is 2. The molecule has 19 heavy (non-hydrogen) atoms. The molecule has 0 aromatic carbocycles. The number of aliphatic hydroxyl groups excluding tert-OH is 1. The Morgan fingerprint density at radius 3 is 2.37 bits per heavy atom. The smallest absolute Gasteiger partial charge is 0.0584 e. The highest BCUT2D eigenvalue weighted by Gasteiger charge is 2.35. The van der Waals surface area contributed by atoms with Crippen molar-refractivity contribution < 1.29 is 9.84 Å². The highest BCUT2D eigenvalue weighted by atomic mass is 16.5. The van der Waals surface area contributed by atoms with E-state index in [4.69, 9.17) is 4.74 Å². The Labute approximate surface area is 118 Å². The van der Waals surface area contributed by atoms with Crippen LogP contribution in [0.3, 0.4) is 0 Å². The van der Waals surface area contributed by atoms with Crippen molar-refractivity contribution >= 4 is 0 Å². The molecule has 0 saturated carbocycles. The van der Waals surface area contributed by atoms with Crippen LogP contribution in [0, 0.1) is 5.41 Å². The van der Waals surface area contributed by atoms with Crippen LogP contribution in [0.25, 0.3) is 0 Å². The molecule has 0 amide bonds. The maximum Gasteiger partial charge on any atom is 0.0584 e. The van der Waals surface area contributed by atoms with Crippen LogP contribution in [0.15, 0.2) is 0 Å². The Kier molecular flexibility index (Phi) is 6.24. The molecule has 1 aliphatic rings. The van der Waals surface area contributed by atoms with Gasteiger partial charge in [0.1, 0.15) is 0 Å². The number of nitrogens with zero attached hydrogens (tertiary/aromatic N) is 1. The Balaban J connectivity index is 2.64. The van der Waals surface area contributed by atoms with E-state index in [1.807, 2.05) is 0 Å². The van der Waals surface area contributed by atoms with Crippen molar-refractivity contribution in [2.75, 3.05) is 40.0 Å². The molecule has 1 aliphatic heterocycles. The largest absolute Gasteiger partial charge is 0.395 e. The monoisotopic (exact) mass is 272 g/mol. The first-order chi connectivity index (χ1) is 8.78. The number of ether oxygens (including phenoxy) is 1. The van der Waals surface area contributed by atoms with Crippen LogP contribution < -0.4 is 5.32 Å². The van der Waals surface area contributed by atoms with E-state index in [2.05, 4.69) is 45.0 Å². The first-order valence-electron chi connectivity index (χ1n) is 7.42. The summed E-state index contributed by atoms with van der Waals surface area (Å²) >= 11 is 0. The van der Waals surface area contributed by atoms with Crippen molar-refractivity contribution in [2.45, 2.75) is 52.1 Å². The molecule has 1 unspecified atom stereocenters. The summed E-state index contributed by atoms with van der Waals surface area (Å²) in [6.45, 7) is 12.7. The van der Waals surface area contributed by atoms with Crippen molar-refractivity contribution in [3.05, 3.63) is 0 Å². The lowest BCUT2D eigenvalue weighted by Gasteiger charge is -2.43. The van der Waals surface area contributed by atoms with E-state index in [0.29, 0.717) is 0 Å². The predicted molar refractivity (Wildman–Crippen MR) is 79.4 cm³/mol. The topological polar surface area (TPSA) is 44.7 Å². The minimum absolute atomic E-state index is 0.145. The average molecular weight is 272 g/mol. The third-order valence-corrected chi connectivity index (χ3v) is 4.15. The summed E-state index contributed by atoms with van der Waals surface area (Å²) in [5.41, 5.74) is 0.413. The van der Waals surface area contributed by atoms with Gasteiger partial charge in [0.15, 0.2) is 0 Å². The lowest BCUT2D eigenvalue weighted by atomic mass is 9.78. The maximum atomic E-state index is 9.30. The van der Waals surface area contributed by atoms with Crippen LogP contribution in [0.1, 0.15) is 40.5 Å². The minimum atomic E-state index is 0.145. The summed E-state index contributed by atoms with van der Waals surface area (Å²) in [6.07, 6.45) is 2.19. The van der Waals surface area contributed by atoms with Gasteiger partial charge in [-0.1, -0.05) is 0 Å². The standard InChI is InChI=1S/C15H32N2O2/c1-13(10-18)17(5)12-15(6-8-19-9-7-15)11-16-14(2,3)4/h13,16,18H,6-12H2,1-5H3. The van der Waals surface area contributed by atoms with E-state index in [9.17, 15) is 5.11 Å². The molecule has 4 heteroatoms. The van der Waals surface area contributed by atoms with Gasteiger partial charge >= 0.3 is 0 Å². The zero-order valence-electron chi connectivity index (χ0n) is 13.3. The Hall–Kier alpha value is -0.160. The van der Waals surface area contributed by atoms with Crippen molar-refractivity contribution in [3.8, 4) is 0 Å². The first-order valence-corrected chi connectivity index (χ1v) is 7.42. The molecule has 1 rings (SSSR count). The Morgan fingerprint density at radius 1 is 1.32 bits per heavy atom. The quantitative estimate of drug-likeness (QED) is 0.769. The minimum Gasteiger partial charge on any atom is -0.395 e. The number of likely N-dealkylation sites (N-methyl/N-ethyl adjacent to an activating group) is 1. The number of rotatable bonds is 6. The second kappa shape index (κ2) is 7.02. The maximum absolute atomic E-state index is 9.30. The molecular weight excluding hydrogens is 240 g/mol. The van der Waals surface area contributed by atoms with Crippen LogP contribution in [0.2, 0.25) is 0 Å². The van der Waals surface area contributed by atoms with Gasteiger partial charge in [-0.05, 0) is 53.0 Å². The molecular formula is C15H32N2O2. The zero-order valence-corrected chi connectivity index (χ0v) is 13.3. The van der Waals surface area contributed by atoms with E-state index in [1.54, 1.807) is 0 Å². The van der Waals surface area contributed by atoms with E-state index in [1.165, 1.54) is 0 Å². The summed E-state index contributed by atoms with van der Waals surface area (Å²) in [7, 11) is 2.11. The van der Waals surface area contributed by atoms with Crippen molar-refractivity contribution in [3.63, 3.8) is 0 Å².